The Morgan fingerprint density at radius 1 is 1.36 bits per heavy atom. The second kappa shape index (κ2) is 5.78. The summed E-state index contributed by atoms with van der Waals surface area (Å²) in [4.78, 5) is 0. The highest BCUT2D eigenvalue weighted by atomic mass is 35.5. The molecule has 0 aliphatic carbocycles. The largest absolute Gasteiger partial charge is 0.355 e. The zero-order chi connectivity index (χ0) is 8.74. The van der Waals surface area contributed by atoms with E-state index in [4.69, 9.17) is 20.6 Å². The molecule has 0 aliphatic rings. The quantitative estimate of drug-likeness (QED) is 0.637. The number of halogens is 1. The van der Waals surface area contributed by atoms with E-state index in [1.54, 1.807) is 13.8 Å². The Labute approximate surface area is 71.9 Å². The first kappa shape index (κ1) is 11.2. The van der Waals surface area contributed by atoms with Gasteiger partial charge in [-0.15, -0.1) is 0 Å². The molecule has 0 unspecified atom stereocenters. The van der Waals surface area contributed by atoms with Crippen molar-refractivity contribution in [3.63, 3.8) is 0 Å². The maximum absolute atomic E-state index is 11.4. The molecule has 0 N–H and O–H groups in total. The Balaban J connectivity index is 4.14. The van der Waals surface area contributed by atoms with E-state index in [1.807, 2.05) is 0 Å². The van der Waals surface area contributed by atoms with Crippen molar-refractivity contribution >= 4 is 19.2 Å². The number of rotatable bonds is 5. The molecule has 0 fully saturated rings. The molecule has 0 spiro atoms. The van der Waals surface area contributed by atoms with Crippen LogP contribution in [0.15, 0.2) is 11.4 Å². The lowest BCUT2D eigenvalue weighted by Crippen LogP contribution is -1.91. The molecule has 0 heterocycles. The Bertz CT molecular complexity index is 159. The van der Waals surface area contributed by atoms with E-state index in [0.717, 1.165) is 5.54 Å². The van der Waals surface area contributed by atoms with Crippen molar-refractivity contribution in [1.29, 1.82) is 0 Å². The average Bonchev–Trinajstić information content (AvgIpc) is 1.88. The Kier molecular flexibility index (Phi) is 5.88. The molecule has 3 nitrogen and oxygen atoms in total. The molecule has 0 aromatic rings. The predicted octanol–water partition coefficient (Wildman–Crippen LogP) is 2.96. The van der Waals surface area contributed by atoms with Crippen LogP contribution in [0.5, 0.6) is 0 Å². The molecule has 11 heavy (non-hydrogen) atoms. The van der Waals surface area contributed by atoms with E-state index in [9.17, 15) is 4.57 Å². The Morgan fingerprint density at radius 3 is 2.09 bits per heavy atom. The Hall–Kier alpha value is 0.180. The molecule has 0 radical (unpaired) electrons. The van der Waals surface area contributed by atoms with Crippen molar-refractivity contribution in [2.75, 3.05) is 13.2 Å². The van der Waals surface area contributed by atoms with Crippen LogP contribution in [0, 0.1) is 0 Å². The predicted molar refractivity (Wildman–Crippen MR) is 45.9 cm³/mol. The zero-order valence-electron chi connectivity index (χ0n) is 6.62. The van der Waals surface area contributed by atoms with E-state index < -0.39 is 7.60 Å². The van der Waals surface area contributed by atoms with Crippen molar-refractivity contribution in [2.45, 2.75) is 13.8 Å². The van der Waals surface area contributed by atoms with Gasteiger partial charge in [-0.05, 0) is 13.8 Å². The lowest BCUT2D eigenvalue weighted by Gasteiger charge is -2.11. The molecule has 0 aromatic heterocycles. The summed E-state index contributed by atoms with van der Waals surface area (Å²) in [5, 5.41) is 0. The van der Waals surface area contributed by atoms with Gasteiger partial charge in [-0.3, -0.25) is 4.57 Å². The molecule has 0 saturated heterocycles. The van der Waals surface area contributed by atoms with E-state index in [0.29, 0.717) is 13.2 Å². The van der Waals surface area contributed by atoms with Crippen molar-refractivity contribution < 1.29 is 13.6 Å². The van der Waals surface area contributed by atoms with Gasteiger partial charge in [-0.1, -0.05) is 11.6 Å². The fraction of sp³-hybridized carbons (Fsp3) is 0.667. The highest BCUT2D eigenvalue weighted by Crippen LogP contribution is 2.49. The van der Waals surface area contributed by atoms with Crippen molar-refractivity contribution in [3.05, 3.63) is 11.4 Å². The van der Waals surface area contributed by atoms with Crippen LogP contribution >= 0.6 is 19.2 Å². The van der Waals surface area contributed by atoms with Gasteiger partial charge in [0, 0.05) is 11.4 Å². The fourth-order valence-corrected chi connectivity index (χ4v) is 2.07. The molecule has 0 bridgehead atoms. The van der Waals surface area contributed by atoms with Gasteiger partial charge >= 0.3 is 7.60 Å². The summed E-state index contributed by atoms with van der Waals surface area (Å²) in [5.41, 5.74) is 1.14. The van der Waals surface area contributed by atoms with Gasteiger partial charge in [0.1, 0.15) is 0 Å². The van der Waals surface area contributed by atoms with Gasteiger partial charge in [-0.25, -0.2) is 0 Å². The summed E-state index contributed by atoms with van der Waals surface area (Å²) >= 11 is 5.24. The summed E-state index contributed by atoms with van der Waals surface area (Å²) in [6.45, 7) is 4.18. The van der Waals surface area contributed by atoms with Gasteiger partial charge < -0.3 is 9.05 Å². The van der Waals surface area contributed by atoms with Crippen LogP contribution in [0.4, 0.5) is 0 Å². The number of hydrogen-bond acceptors (Lipinski definition) is 3. The first-order valence-electron chi connectivity index (χ1n) is 3.35. The maximum Gasteiger partial charge on any atom is 0.355 e. The lowest BCUT2D eigenvalue weighted by molar-refractivity contribution is 0.229. The fourth-order valence-electron chi connectivity index (χ4n) is 0.552. The summed E-state index contributed by atoms with van der Waals surface area (Å²) in [5.74, 6) is 1.24. The zero-order valence-corrected chi connectivity index (χ0v) is 8.27. The molecule has 0 amide bonds. The highest BCUT2D eigenvalue weighted by molar-refractivity contribution is 7.57. The lowest BCUT2D eigenvalue weighted by atomic mass is 10.9. The summed E-state index contributed by atoms with van der Waals surface area (Å²) < 4.78 is 21.1. The van der Waals surface area contributed by atoms with Crippen LogP contribution in [0.1, 0.15) is 13.8 Å². The van der Waals surface area contributed by atoms with Gasteiger partial charge in [-0.2, -0.15) is 0 Å². The van der Waals surface area contributed by atoms with Crippen LogP contribution in [0.25, 0.3) is 0 Å². The summed E-state index contributed by atoms with van der Waals surface area (Å²) in [7, 11) is -3.03. The molecule has 0 aromatic carbocycles. The summed E-state index contributed by atoms with van der Waals surface area (Å²) in [6.07, 6.45) is 0. The normalized spacial score (nSPS) is 12.6. The minimum absolute atomic E-state index is 0.346. The van der Waals surface area contributed by atoms with Gasteiger partial charge in [0.05, 0.1) is 13.2 Å². The third-order valence-electron chi connectivity index (χ3n) is 0.857. The number of hydrogen-bond donors (Lipinski definition) is 0. The second-order valence-electron chi connectivity index (χ2n) is 1.65. The third kappa shape index (κ3) is 4.59. The second-order valence-corrected chi connectivity index (χ2v) is 3.80. The molecule has 0 aliphatic heterocycles. The van der Waals surface area contributed by atoms with E-state index in [1.165, 1.54) is 5.82 Å². The van der Waals surface area contributed by atoms with Crippen LogP contribution in [0.2, 0.25) is 0 Å². The average molecular weight is 199 g/mol. The molecule has 0 saturated carbocycles. The van der Waals surface area contributed by atoms with E-state index in [2.05, 4.69) is 0 Å². The summed E-state index contributed by atoms with van der Waals surface area (Å²) in [6, 6.07) is 0. The van der Waals surface area contributed by atoms with Crippen molar-refractivity contribution in [3.8, 4) is 0 Å². The molecular formula is C6H12ClO3P. The third-order valence-corrected chi connectivity index (χ3v) is 2.91. The molecule has 0 atom stereocenters. The van der Waals surface area contributed by atoms with E-state index >= 15 is 0 Å². The van der Waals surface area contributed by atoms with E-state index in [-0.39, 0.29) is 0 Å². The molecule has 5 heteroatoms. The first-order valence-corrected chi connectivity index (χ1v) is 5.40. The van der Waals surface area contributed by atoms with Crippen LogP contribution in [-0.4, -0.2) is 13.2 Å². The standard InChI is InChI=1S/C6H12ClO3P/c1-3-9-11(8,6-5-7)10-4-2/h5-6H,3-4H2,1-2H3. The smallest absolute Gasteiger partial charge is 0.306 e. The van der Waals surface area contributed by atoms with Gasteiger partial charge in [0.15, 0.2) is 0 Å². The minimum atomic E-state index is -3.03. The monoisotopic (exact) mass is 198 g/mol. The molecule has 66 valence electrons. The van der Waals surface area contributed by atoms with Gasteiger partial charge in [0.25, 0.3) is 0 Å². The highest BCUT2D eigenvalue weighted by Gasteiger charge is 2.17. The van der Waals surface area contributed by atoms with Gasteiger partial charge in [0.2, 0.25) is 0 Å². The molecular weight excluding hydrogens is 186 g/mol. The topological polar surface area (TPSA) is 35.5 Å². The van der Waals surface area contributed by atoms with Crippen molar-refractivity contribution in [2.24, 2.45) is 0 Å². The maximum atomic E-state index is 11.4. The van der Waals surface area contributed by atoms with Crippen LogP contribution < -0.4 is 0 Å². The van der Waals surface area contributed by atoms with Crippen molar-refractivity contribution in [1.82, 2.24) is 0 Å². The Morgan fingerprint density at radius 2 is 1.82 bits per heavy atom. The first-order chi connectivity index (χ1) is 5.18. The van der Waals surface area contributed by atoms with Crippen LogP contribution in [-0.2, 0) is 13.6 Å². The SMILES string of the molecule is CCOP(=O)(C=CCl)OCC. The minimum Gasteiger partial charge on any atom is -0.306 e. The van der Waals surface area contributed by atoms with Crippen LogP contribution in [0.3, 0.4) is 0 Å². The molecule has 0 rings (SSSR count).